The highest BCUT2D eigenvalue weighted by molar-refractivity contribution is 7.10. The molecule has 0 aliphatic rings. The zero-order valence-electron chi connectivity index (χ0n) is 10.5. The fourth-order valence-corrected chi connectivity index (χ4v) is 2.76. The van der Waals surface area contributed by atoms with Crippen molar-refractivity contribution < 1.29 is 4.42 Å². The van der Waals surface area contributed by atoms with Crippen LogP contribution in [0.25, 0.3) is 11.3 Å². The average molecular weight is 250 g/mol. The van der Waals surface area contributed by atoms with E-state index in [1.165, 1.54) is 0 Å². The summed E-state index contributed by atoms with van der Waals surface area (Å²) in [6, 6.07) is 2.09. The predicted molar refractivity (Wildman–Crippen MR) is 71.1 cm³/mol. The third-order valence-corrected chi connectivity index (χ3v) is 3.73. The summed E-state index contributed by atoms with van der Waals surface area (Å²) < 4.78 is 5.52. The maximum absolute atomic E-state index is 6.06. The van der Waals surface area contributed by atoms with E-state index in [2.05, 4.69) is 17.3 Å². The molecule has 17 heavy (non-hydrogen) atoms. The molecule has 2 aromatic rings. The average Bonchev–Trinajstić information content (AvgIpc) is 2.85. The standard InChI is InChI=1S/C13H18N2OS/c1-4-5-11(14)13-15-12(7-17-13)10-6-8(2)16-9(10)3/h6-7,11H,4-5,14H2,1-3H3. The van der Waals surface area contributed by atoms with Crippen LogP contribution in [0.5, 0.6) is 0 Å². The first kappa shape index (κ1) is 12.3. The van der Waals surface area contributed by atoms with Crippen LogP contribution in [0.3, 0.4) is 0 Å². The summed E-state index contributed by atoms with van der Waals surface area (Å²) in [6.45, 7) is 6.05. The fourth-order valence-electron chi connectivity index (χ4n) is 1.90. The molecule has 2 aromatic heterocycles. The molecular weight excluding hydrogens is 232 g/mol. The van der Waals surface area contributed by atoms with Crippen LogP contribution < -0.4 is 5.73 Å². The minimum atomic E-state index is 0.0621. The molecule has 0 amide bonds. The minimum absolute atomic E-state index is 0.0621. The normalized spacial score (nSPS) is 12.9. The molecule has 0 saturated carbocycles. The smallest absolute Gasteiger partial charge is 0.110 e. The first-order chi connectivity index (χ1) is 8.11. The van der Waals surface area contributed by atoms with Crippen LogP contribution in [0.15, 0.2) is 15.9 Å². The van der Waals surface area contributed by atoms with Gasteiger partial charge in [-0.15, -0.1) is 11.3 Å². The fraction of sp³-hybridized carbons (Fsp3) is 0.462. The van der Waals surface area contributed by atoms with Gasteiger partial charge in [-0.2, -0.15) is 0 Å². The van der Waals surface area contributed by atoms with Crippen LogP contribution in [0, 0.1) is 13.8 Å². The van der Waals surface area contributed by atoms with Crippen molar-refractivity contribution in [2.75, 3.05) is 0 Å². The van der Waals surface area contributed by atoms with Gasteiger partial charge in [0, 0.05) is 10.9 Å². The maximum Gasteiger partial charge on any atom is 0.110 e. The zero-order valence-corrected chi connectivity index (χ0v) is 11.3. The van der Waals surface area contributed by atoms with Gasteiger partial charge < -0.3 is 10.2 Å². The second kappa shape index (κ2) is 5.02. The van der Waals surface area contributed by atoms with Crippen molar-refractivity contribution in [3.8, 4) is 11.3 Å². The van der Waals surface area contributed by atoms with E-state index in [4.69, 9.17) is 10.2 Å². The molecule has 2 heterocycles. The first-order valence-electron chi connectivity index (χ1n) is 5.90. The Morgan fingerprint density at radius 2 is 2.24 bits per heavy atom. The summed E-state index contributed by atoms with van der Waals surface area (Å²) in [5.41, 5.74) is 8.12. The van der Waals surface area contributed by atoms with Gasteiger partial charge in [-0.1, -0.05) is 13.3 Å². The van der Waals surface area contributed by atoms with Crippen molar-refractivity contribution in [3.63, 3.8) is 0 Å². The number of aryl methyl sites for hydroxylation is 2. The Bertz CT molecular complexity index is 501. The highest BCUT2D eigenvalue weighted by Crippen LogP contribution is 2.30. The molecule has 0 aromatic carbocycles. The van der Waals surface area contributed by atoms with Crippen LogP contribution in [0.4, 0.5) is 0 Å². The molecular formula is C13H18N2OS. The second-order valence-electron chi connectivity index (χ2n) is 4.29. The quantitative estimate of drug-likeness (QED) is 0.897. The lowest BCUT2D eigenvalue weighted by atomic mass is 10.2. The van der Waals surface area contributed by atoms with E-state index in [0.29, 0.717) is 0 Å². The van der Waals surface area contributed by atoms with Crippen LogP contribution in [0.2, 0.25) is 0 Å². The molecule has 0 saturated heterocycles. The van der Waals surface area contributed by atoms with E-state index in [-0.39, 0.29) is 6.04 Å². The molecule has 0 bridgehead atoms. The predicted octanol–water partition coefficient (Wildman–Crippen LogP) is 3.82. The van der Waals surface area contributed by atoms with Gasteiger partial charge in [0.25, 0.3) is 0 Å². The summed E-state index contributed by atoms with van der Waals surface area (Å²) in [4.78, 5) is 4.61. The van der Waals surface area contributed by atoms with E-state index in [9.17, 15) is 0 Å². The number of thiazole rings is 1. The lowest BCUT2D eigenvalue weighted by molar-refractivity contribution is 0.505. The Labute approximate surface area is 106 Å². The van der Waals surface area contributed by atoms with Gasteiger partial charge in [0.15, 0.2) is 0 Å². The molecule has 2 rings (SSSR count). The van der Waals surface area contributed by atoms with E-state index < -0.39 is 0 Å². The van der Waals surface area contributed by atoms with E-state index >= 15 is 0 Å². The Morgan fingerprint density at radius 1 is 1.47 bits per heavy atom. The maximum atomic E-state index is 6.06. The number of hydrogen-bond donors (Lipinski definition) is 1. The monoisotopic (exact) mass is 250 g/mol. The Balaban J connectivity index is 2.26. The Morgan fingerprint density at radius 3 is 2.82 bits per heavy atom. The van der Waals surface area contributed by atoms with Crippen molar-refractivity contribution in [3.05, 3.63) is 28.0 Å². The van der Waals surface area contributed by atoms with Gasteiger partial charge in [-0.05, 0) is 26.3 Å². The SMILES string of the molecule is CCCC(N)c1nc(-c2cc(C)oc2C)cs1. The lowest BCUT2D eigenvalue weighted by Gasteiger charge is -2.04. The van der Waals surface area contributed by atoms with Gasteiger partial charge in [0.05, 0.1) is 11.7 Å². The summed E-state index contributed by atoms with van der Waals surface area (Å²) in [5, 5.41) is 3.07. The highest BCUT2D eigenvalue weighted by atomic mass is 32.1. The number of nitrogens with zero attached hydrogens (tertiary/aromatic N) is 1. The second-order valence-corrected chi connectivity index (χ2v) is 5.18. The van der Waals surface area contributed by atoms with Crippen LogP contribution in [-0.2, 0) is 0 Å². The van der Waals surface area contributed by atoms with Crippen molar-refractivity contribution in [1.29, 1.82) is 0 Å². The zero-order chi connectivity index (χ0) is 12.4. The molecule has 3 nitrogen and oxygen atoms in total. The van der Waals surface area contributed by atoms with Gasteiger partial charge in [0.2, 0.25) is 0 Å². The molecule has 92 valence electrons. The van der Waals surface area contributed by atoms with Crippen molar-refractivity contribution in [2.45, 2.75) is 39.7 Å². The Kier molecular flexibility index (Phi) is 3.64. The summed E-state index contributed by atoms with van der Waals surface area (Å²) >= 11 is 1.63. The lowest BCUT2D eigenvalue weighted by Crippen LogP contribution is -2.09. The molecule has 0 aliphatic heterocycles. The molecule has 0 spiro atoms. The molecule has 0 radical (unpaired) electrons. The largest absolute Gasteiger partial charge is 0.466 e. The van der Waals surface area contributed by atoms with Crippen LogP contribution in [-0.4, -0.2) is 4.98 Å². The van der Waals surface area contributed by atoms with E-state index in [0.717, 1.165) is 40.6 Å². The molecule has 1 unspecified atom stereocenters. The van der Waals surface area contributed by atoms with Crippen molar-refractivity contribution in [2.24, 2.45) is 5.73 Å². The van der Waals surface area contributed by atoms with Gasteiger partial charge >= 0.3 is 0 Å². The molecule has 0 aliphatic carbocycles. The van der Waals surface area contributed by atoms with E-state index in [1.54, 1.807) is 11.3 Å². The topological polar surface area (TPSA) is 52.0 Å². The summed E-state index contributed by atoms with van der Waals surface area (Å²) in [5.74, 6) is 1.84. The van der Waals surface area contributed by atoms with Crippen LogP contribution in [0.1, 0.15) is 42.3 Å². The van der Waals surface area contributed by atoms with E-state index in [1.807, 2.05) is 19.9 Å². The highest BCUT2D eigenvalue weighted by Gasteiger charge is 2.14. The third kappa shape index (κ3) is 2.58. The molecule has 4 heteroatoms. The number of furan rings is 1. The number of nitrogens with two attached hydrogens (primary N) is 1. The number of hydrogen-bond acceptors (Lipinski definition) is 4. The van der Waals surface area contributed by atoms with Crippen molar-refractivity contribution >= 4 is 11.3 Å². The minimum Gasteiger partial charge on any atom is -0.466 e. The molecule has 0 fully saturated rings. The van der Waals surface area contributed by atoms with Gasteiger partial charge in [-0.25, -0.2) is 4.98 Å². The van der Waals surface area contributed by atoms with Gasteiger partial charge in [-0.3, -0.25) is 0 Å². The van der Waals surface area contributed by atoms with Gasteiger partial charge in [0.1, 0.15) is 16.5 Å². The first-order valence-corrected chi connectivity index (χ1v) is 6.78. The van der Waals surface area contributed by atoms with Crippen LogP contribution >= 0.6 is 11.3 Å². The van der Waals surface area contributed by atoms with Crippen molar-refractivity contribution in [1.82, 2.24) is 4.98 Å². The summed E-state index contributed by atoms with van der Waals surface area (Å²) in [6.07, 6.45) is 2.07. The third-order valence-electron chi connectivity index (χ3n) is 2.76. The summed E-state index contributed by atoms with van der Waals surface area (Å²) in [7, 11) is 0. The molecule has 1 atom stereocenters. The number of aromatic nitrogens is 1. The number of rotatable bonds is 4. The Hall–Kier alpha value is -1.13. The molecule has 2 N–H and O–H groups in total.